The predicted octanol–water partition coefficient (Wildman–Crippen LogP) is 4.43. The van der Waals surface area contributed by atoms with E-state index < -0.39 is 0 Å². The summed E-state index contributed by atoms with van der Waals surface area (Å²) in [6, 6.07) is 16.3. The van der Waals surface area contributed by atoms with E-state index in [9.17, 15) is 9.18 Å². The molecular formula is C19H17FN2OS2. The average Bonchev–Trinajstić information content (AvgIpc) is 3.08. The lowest BCUT2D eigenvalue weighted by molar-refractivity contribution is -0.120. The van der Waals surface area contributed by atoms with Crippen molar-refractivity contribution in [3.05, 3.63) is 82.6 Å². The highest BCUT2D eigenvalue weighted by molar-refractivity contribution is 8.00. The number of carbonyl (C=O) groups excluding carboxylic acids is 1. The number of nitrogens with one attached hydrogen (secondary N) is 1. The van der Waals surface area contributed by atoms with Crippen LogP contribution in [0.1, 0.15) is 16.8 Å². The Kier molecular flexibility index (Phi) is 6.19. The Balaban J connectivity index is 1.46. The Hall–Kier alpha value is -2.18. The molecule has 0 fully saturated rings. The fourth-order valence-corrected chi connectivity index (χ4v) is 3.99. The molecule has 1 amide bonds. The fraction of sp³-hybridized carbons (Fsp3) is 0.158. The summed E-state index contributed by atoms with van der Waals surface area (Å²) in [6.45, 7) is 0.524. The van der Waals surface area contributed by atoms with E-state index in [2.05, 4.69) is 10.3 Å². The molecular weight excluding hydrogens is 355 g/mol. The van der Waals surface area contributed by atoms with E-state index in [1.165, 1.54) is 23.5 Å². The first kappa shape index (κ1) is 17.6. The largest absolute Gasteiger partial charge is 0.352 e. The minimum Gasteiger partial charge on any atom is -0.352 e. The first-order valence-corrected chi connectivity index (χ1v) is 9.68. The zero-order valence-corrected chi connectivity index (χ0v) is 15.1. The maximum atomic E-state index is 12.9. The summed E-state index contributed by atoms with van der Waals surface area (Å²) in [4.78, 5) is 16.5. The molecule has 0 aliphatic heterocycles. The van der Waals surface area contributed by atoms with Gasteiger partial charge in [0.15, 0.2) is 0 Å². The number of hydrogen-bond acceptors (Lipinski definition) is 4. The molecule has 0 saturated carbocycles. The van der Waals surface area contributed by atoms with Crippen molar-refractivity contribution in [1.29, 1.82) is 0 Å². The SMILES string of the molecule is O=C(Cc1csc(SCc2ccc(F)cc2)n1)NCc1ccccc1. The van der Waals surface area contributed by atoms with Crippen LogP contribution in [0.15, 0.2) is 64.3 Å². The third kappa shape index (κ3) is 5.69. The first-order chi connectivity index (χ1) is 12.2. The molecule has 0 saturated heterocycles. The summed E-state index contributed by atoms with van der Waals surface area (Å²) in [5.74, 6) is 0.462. The van der Waals surface area contributed by atoms with Crippen LogP contribution in [0.4, 0.5) is 4.39 Å². The lowest BCUT2D eigenvalue weighted by atomic mass is 10.2. The number of thioether (sulfide) groups is 1. The molecule has 0 radical (unpaired) electrons. The van der Waals surface area contributed by atoms with Crippen LogP contribution in [0.3, 0.4) is 0 Å². The second-order valence-electron chi connectivity index (χ2n) is 5.46. The summed E-state index contributed by atoms with van der Waals surface area (Å²) in [6.07, 6.45) is 0.278. The molecule has 0 spiro atoms. The van der Waals surface area contributed by atoms with Crippen molar-refractivity contribution < 1.29 is 9.18 Å². The van der Waals surface area contributed by atoms with Crippen molar-refractivity contribution >= 4 is 29.0 Å². The molecule has 3 rings (SSSR count). The zero-order chi connectivity index (χ0) is 17.5. The van der Waals surface area contributed by atoms with Gasteiger partial charge in [0.05, 0.1) is 12.1 Å². The molecule has 1 aromatic heterocycles. The predicted molar refractivity (Wildman–Crippen MR) is 100 cm³/mol. The van der Waals surface area contributed by atoms with Crippen molar-refractivity contribution in [3.8, 4) is 0 Å². The number of aromatic nitrogens is 1. The van der Waals surface area contributed by atoms with Crippen LogP contribution in [0.25, 0.3) is 0 Å². The van der Waals surface area contributed by atoms with Crippen LogP contribution in [0.2, 0.25) is 0 Å². The van der Waals surface area contributed by atoms with Crippen LogP contribution in [-0.4, -0.2) is 10.9 Å². The van der Waals surface area contributed by atoms with Crippen LogP contribution >= 0.6 is 23.1 Å². The molecule has 0 bridgehead atoms. The highest BCUT2D eigenvalue weighted by Crippen LogP contribution is 2.26. The normalized spacial score (nSPS) is 10.6. The number of rotatable bonds is 7. The Labute approximate surface area is 154 Å². The highest BCUT2D eigenvalue weighted by atomic mass is 32.2. The molecule has 1 heterocycles. The number of amides is 1. The molecule has 25 heavy (non-hydrogen) atoms. The quantitative estimate of drug-likeness (QED) is 0.624. The number of carbonyl (C=O) groups is 1. The minimum atomic E-state index is -0.230. The summed E-state index contributed by atoms with van der Waals surface area (Å²) in [5, 5.41) is 4.81. The van der Waals surface area contributed by atoms with E-state index in [1.807, 2.05) is 35.7 Å². The lowest BCUT2D eigenvalue weighted by Gasteiger charge is -2.03. The van der Waals surface area contributed by atoms with Gasteiger partial charge in [-0.25, -0.2) is 9.37 Å². The van der Waals surface area contributed by atoms with Crippen molar-refractivity contribution in [3.63, 3.8) is 0 Å². The van der Waals surface area contributed by atoms with Gasteiger partial charge in [0.25, 0.3) is 0 Å². The average molecular weight is 372 g/mol. The standard InChI is InChI=1S/C19H17FN2OS2/c20-16-8-6-15(7-9-16)12-24-19-22-17(13-25-19)10-18(23)21-11-14-4-2-1-3-5-14/h1-9,13H,10-12H2,(H,21,23). The van der Waals surface area contributed by atoms with Gasteiger partial charge in [-0.15, -0.1) is 11.3 Å². The van der Waals surface area contributed by atoms with Crippen molar-refractivity contribution in [2.75, 3.05) is 0 Å². The van der Waals surface area contributed by atoms with Gasteiger partial charge in [0.1, 0.15) is 10.2 Å². The molecule has 128 valence electrons. The molecule has 0 atom stereocenters. The Morgan fingerprint density at radius 1 is 1.08 bits per heavy atom. The van der Waals surface area contributed by atoms with E-state index in [4.69, 9.17) is 0 Å². The molecule has 0 aliphatic rings. The van der Waals surface area contributed by atoms with Gasteiger partial charge >= 0.3 is 0 Å². The van der Waals surface area contributed by atoms with E-state index >= 15 is 0 Å². The van der Waals surface area contributed by atoms with Crippen LogP contribution in [0, 0.1) is 5.82 Å². The van der Waals surface area contributed by atoms with Gasteiger partial charge in [-0.3, -0.25) is 4.79 Å². The number of hydrogen-bond donors (Lipinski definition) is 1. The van der Waals surface area contributed by atoms with E-state index in [1.54, 1.807) is 23.9 Å². The maximum Gasteiger partial charge on any atom is 0.226 e. The summed E-state index contributed by atoms with van der Waals surface area (Å²) in [5.41, 5.74) is 2.89. The Morgan fingerprint density at radius 2 is 1.84 bits per heavy atom. The minimum absolute atomic E-state index is 0.0377. The van der Waals surface area contributed by atoms with E-state index in [-0.39, 0.29) is 18.1 Å². The van der Waals surface area contributed by atoms with E-state index in [0.29, 0.717) is 6.54 Å². The van der Waals surface area contributed by atoms with Crippen molar-refractivity contribution in [2.24, 2.45) is 0 Å². The maximum absolute atomic E-state index is 12.9. The third-order valence-electron chi connectivity index (χ3n) is 3.48. The zero-order valence-electron chi connectivity index (χ0n) is 13.4. The topological polar surface area (TPSA) is 42.0 Å². The smallest absolute Gasteiger partial charge is 0.226 e. The summed E-state index contributed by atoms with van der Waals surface area (Å²) in [7, 11) is 0. The van der Waals surface area contributed by atoms with Crippen LogP contribution in [0.5, 0.6) is 0 Å². The summed E-state index contributed by atoms with van der Waals surface area (Å²) >= 11 is 3.12. The number of nitrogens with zero attached hydrogens (tertiary/aromatic N) is 1. The third-order valence-corrected chi connectivity index (χ3v) is 5.62. The van der Waals surface area contributed by atoms with Gasteiger partial charge in [-0.1, -0.05) is 54.2 Å². The van der Waals surface area contributed by atoms with Crippen molar-refractivity contribution in [1.82, 2.24) is 10.3 Å². The van der Waals surface area contributed by atoms with E-state index in [0.717, 1.165) is 26.9 Å². The lowest BCUT2D eigenvalue weighted by Crippen LogP contribution is -2.24. The monoisotopic (exact) mass is 372 g/mol. The molecule has 0 aliphatic carbocycles. The van der Waals surface area contributed by atoms with Gasteiger partial charge in [0, 0.05) is 17.7 Å². The molecule has 2 aromatic carbocycles. The summed E-state index contributed by atoms with van der Waals surface area (Å²) < 4.78 is 13.8. The Morgan fingerprint density at radius 3 is 2.60 bits per heavy atom. The first-order valence-electron chi connectivity index (χ1n) is 7.81. The second-order valence-corrected chi connectivity index (χ2v) is 7.54. The van der Waals surface area contributed by atoms with Crippen LogP contribution < -0.4 is 5.32 Å². The fourth-order valence-electron chi connectivity index (χ4n) is 2.19. The van der Waals surface area contributed by atoms with Crippen molar-refractivity contribution in [2.45, 2.75) is 23.1 Å². The number of halogens is 1. The van der Waals surface area contributed by atoms with Gasteiger partial charge in [-0.2, -0.15) is 0 Å². The van der Waals surface area contributed by atoms with Gasteiger partial charge < -0.3 is 5.32 Å². The highest BCUT2D eigenvalue weighted by Gasteiger charge is 2.08. The Bertz CT molecular complexity index is 819. The number of thiazole rings is 1. The van der Waals surface area contributed by atoms with Crippen LogP contribution in [-0.2, 0) is 23.5 Å². The van der Waals surface area contributed by atoms with Gasteiger partial charge in [-0.05, 0) is 23.3 Å². The molecule has 6 heteroatoms. The van der Waals surface area contributed by atoms with Gasteiger partial charge in [0.2, 0.25) is 5.91 Å². The number of benzene rings is 2. The molecule has 1 N–H and O–H groups in total. The molecule has 0 unspecified atom stereocenters. The molecule has 3 nitrogen and oxygen atoms in total. The second kappa shape index (κ2) is 8.78. The molecule has 3 aromatic rings.